The summed E-state index contributed by atoms with van der Waals surface area (Å²) < 4.78 is 12.2. The molecular formula is C24H25BrN4O6. The number of nitro groups is 1. The number of carbonyl (C=O) groups excluding carboxylic acids is 1. The van der Waals surface area contributed by atoms with Crippen molar-refractivity contribution in [1.82, 2.24) is 9.66 Å². The normalized spacial score (nSPS) is 11.3. The van der Waals surface area contributed by atoms with E-state index in [2.05, 4.69) is 26.0 Å². The number of nitrogens with zero attached hydrogens (tertiary/aromatic N) is 4. The van der Waals surface area contributed by atoms with Crippen LogP contribution in [0.5, 0.6) is 5.75 Å². The van der Waals surface area contributed by atoms with Gasteiger partial charge < -0.3 is 9.47 Å². The van der Waals surface area contributed by atoms with Gasteiger partial charge in [-0.1, -0.05) is 29.3 Å². The molecule has 0 spiro atoms. The Morgan fingerprint density at radius 3 is 2.74 bits per heavy atom. The van der Waals surface area contributed by atoms with Crippen LogP contribution in [0, 0.1) is 10.1 Å². The zero-order valence-corrected chi connectivity index (χ0v) is 21.1. The maximum atomic E-state index is 13.2. The summed E-state index contributed by atoms with van der Waals surface area (Å²) in [6.45, 7) is 4.96. The molecule has 0 aliphatic heterocycles. The number of fused-ring (bicyclic) bond motifs is 1. The largest absolute Gasteiger partial charge is 0.475 e. The van der Waals surface area contributed by atoms with Gasteiger partial charge in [-0.3, -0.25) is 14.9 Å². The van der Waals surface area contributed by atoms with Crippen molar-refractivity contribution in [2.24, 2.45) is 5.10 Å². The van der Waals surface area contributed by atoms with Crippen LogP contribution in [0.15, 0.2) is 50.8 Å². The highest BCUT2D eigenvalue weighted by Gasteiger charge is 2.18. The van der Waals surface area contributed by atoms with Crippen molar-refractivity contribution in [3.8, 4) is 5.75 Å². The fraction of sp³-hybridized carbons (Fsp3) is 0.333. The Labute approximate surface area is 209 Å². The monoisotopic (exact) mass is 544 g/mol. The standard InChI is InChI=1S/C24H25BrN4O6/c1-4-5-6-22-27-19-9-8-17(25)12-18(19)24(31)28(22)26-13-16-7-10-21(20(11-16)29(32)33)34-14-23(30)35-15(2)3/h7-13,15H,4-6,14H2,1-3H3. The summed E-state index contributed by atoms with van der Waals surface area (Å²) >= 11 is 3.37. The van der Waals surface area contributed by atoms with Gasteiger partial charge in [0.2, 0.25) is 0 Å². The molecule has 2 aromatic carbocycles. The lowest BCUT2D eigenvalue weighted by molar-refractivity contribution is -0.385. The Bertz CT molecular complexity index is 1340. The molecule has 0 N–H and O–H groups in total. The van der Waals surface area contributed by atoms with Crippen molar-refractivity contribution in [2.75, 3.05) is 6.61 Å². The second-order valence-electron chi connectivity index (χ2n) is 7.97. The van der Waals surface area contributed by atoms with E-state index in [4.69, 9.17) is 9.47 Å². The zero-order chi connectivity index (χ0) is 25.5. The van der Waals surface area contributed by atoms with Gasteiger partial charge in [0.25, 0.3) is 5.56 Å². The molecule has 0 saturated carbocycles. The Morgan fingerprint density at radius 1 is 1.29 bits per heavy atom. The molecular weight excluding hydrogens is 520 g/mol. The Kier molecular flexibility index (Phi) is 8.69. The molecule has 0 unspecified atom stereocenters. The van der Waals surface area contributed by atoms with Crippen LogP contribution in [-0.2, 0) is 16.0 Å². The van der Waals surface area contributed by atoms with E-state index in [0.29, 0.717) is 28.7 Å². The SMILES string of the molecule is CCCCc1nc2ccc(Br)cc2c(=O)n1N=Cc1ccc(OCC(=O)OC(C)C)c([N+](=O)[O-])c1. The fourth-order valence-corrected chi connectivity index (χ4v) is 3.61. The first-order chi connectivity index (χ1) is 16.7. The smallest absolute Gasteiger partial charge is 0.344 e. The van der Waals surface area contributed by atoms with Crippen LogP contribution >= 0.6 is 15.9 Å². The summed E-state index contributed by atoms with van der Waals surface area (Å²) in [7, 11) is 0. The fourth-order valence-electron chi connectivity index (χ4n) is 3.25. The predicted octanol–water partition coefficient (Wildman–Crippen LogP) is 4.62. The number of ether oxygens (including phenoxy) is 2. The zero-order valence-electron chi connectivity index (χ0n) is 19.6. The van der Waals surface area contributed by atoms with Gasteiger partial charge in [-0.05, 0) is 50.6 Å². The minimum Gasteiger partial charge on any atom is -0.475 e. The molecule has 0 fully saturated rings. The predicted molar refractivity (Wildman–Crippen MR) is 135 cm³/mol. The average Bonchev–Trinajstić information content (AvgIpc) is 2.81. The lowest BCUT2D eigenvalue weighted by Crippen LogP contribution is -2.22. The molecule has 0 aliphatic carbocycles. The molecule has 0 radical (unpaired) electrons. The van der Waals surface area contributed by atoms with Gasteiger partial charge in [0.05, 0.1) is 28.1 Å². The molecule has 3 rings (SSSR count). The van der Waals surface area contributed by atoms with Crippen LogP contribution in [0.4, 0.5) is 5.69 Å². The lowest BCUT2D eigenvalue weighted by atomic mass is 10.2. The Balaban J connectivity index is 1.95. The number of esters is 1. The molecule has 0 bridgehead atoms. The number of hydrogen-bond acceptors (Lipinski definition) is 8. The first-order valence-electron chi connectivity index (χ1n) is 11.1. The molecule has 0 atom stereocenters. The number of hydrogen-bond donors (Lipinski definition) is 0. The van der Waals surface area contributed by atoms with E-state index in [-0.39, 0.29) is 23.1 Å². The number of benzene rings is 2. The number of carbonyl (C=O) groups is 1. The number of rotatable bonds is 10. The van der Waals surface area contributed by atoms with E-state index in [1.165, 1.54) is 23.0 Å². The number of aryl methyl sites for hydroxylation is 1. The van der Waals surface area contributed by atoms with E-state index in [1.807, 2.05) is 13.0 Å². The summed E-state index contributed by atoms with van der Waals surface area (Å²) in [5.74, 6) is -0.207. The first-order valence-corrected chi connectivity index (χ1v) is 11.8. The molecule has 0 saturated heterocycles. The minimum absolute atomic E-state index is 0.0779. The van der Waals surface area contributed by atoms with Crippen molar-refractivity contribution in [1.29, 1.82) is 0 Å². The van der Waals surface area contributed by atoms with Crippen molar-refractivity contribution in [3.05, 3.63) is 72.7 Å². The minimum atomic E-state index is -0.630. The van der Waals surface area contributed by atoms with Gasteiger partial charge in [0.15, 0.2) is 12.4 Å². The van der Waals surface area contributed by atoms with E-state index >= 15 is 0 Å². The molecule has 35 heavy (non-hydrogen) atoms. The summed E-state index contributed by atoms with van der Waals surface area (Å²) in [5.41, 5.74) is 0.266. The third kappa shape index (κ3) is 6.72. The van der Waals surface area contributed by atoms with Gasteiger partial charge in [-0.15, -0.1) is 0 Å². The average molecular weight is 545 g/mol. The number of nitro benzene ring substituents is 1. The first kappa shape index (κ1) is 26.0. The van der Waals surface area contributed by atoms with E-state index in [1.54, 1.807) is 32.0 Å². The summed E-state index contributed by atoms with van der Waals surface area (Å²) in [6, 6.07) is 9.44. The van der Waals surface area contributed by atoms with E-state index in [0.717, 1.165) is 17.3 Å². The van der Waals surface area contributed by atoms with Crippen LogP contribution in [0.3, 0.4) is 0 Å². The molecule has 1 aromatic heterocycles. The van der Waals surface area contributed by atoms with Gasteiger partial charge in [0.1, 0.15) is 5.82 Å². The van der Waals surface area contributed by atoms with Crippen LogP contribution in [0.25, 0.3) is 10.9 Å². The molecule has 184 valence electrons. The number of unbranched alkanes of at least 4 members (excludes halogenated alkanes) is 1. The lowest BCUT2D eigenvalue weighted by Gasteiger charge is -2.10. The van der Waals surface area contributed by atoms with Gasteiger partial charge in [-0.2, -0.15) is 9.78 Å². The Morgan fingerprint density at radius 2 is 2.06 bits per heavy atom. The molecule has 1 heterocycles. The molecule has 0 amide bonds. The third-order valence-electron chi connectivity index (χ3n) is 4.84. The molecule has 10 nitrogen and oxygen atoms in total. The highest BCUT2D eigenvalue weighted by atomic mass is 79.9. The van der Waals surface area contributed by atoms with Gasteiger partial charge in [0, 0.05) is 22.5 Å². The number of halogens is 1. The second kappa shape index (κ2) is 11.7. The van der Waals surface area contributed by atoms with Crippen molar-refractivity contribution < 1.29 is 19.2 Å². The summed E-state index contributed by atoms with van der Waals surface area (Å²) in [4.78, 5) is 40.4. The molecule has 3 aromatic rings. The van der Waals surface area contributed by atoms with Crippen LogP contribution < -0.4 is 10.3 Å². The van der Waals surface area contributed by atoms with E-state index in [9.17, 15) is 19.7 Å². The topological polar surface area (TPSA) is 126 Å². The molecule has 0 aliphatic rings. The maximum Gasteiger partial charge on any atom is 0.344 e. The van der Waals surface area contributed by atoms with Crippen LogP contribution in [-0.4, -0.2) is 39.5 Å². The number of aromatic nitrogens is 2. The Hall–Kier alpha value is -3.60. The van der Waals surface area contributed by atoms with Gasteiger partial charge >= 0.3 is 11.7 Å². The molecule has 11 heteroatoms. The summed E-state index contributed by atoms with van der Waals surface area (Å²) in [5, 5.41) is 16.3. The second-order valence-corrected chi connectivity index (χ2v) is 8.88. The van der Waals surface area contributed by atoms with Crippen molar-refractivity contribution in [3.63, 3.8) is 0 Å². The van der Waals surface area contributed by atoms with Crippen molar-refractivity contribution >= 4 is 44.7 Å². The third-order valence-corrected chi connectivity index (χ3v) is 5.34. The van der Waals surface area contributed by atoms with Crippen LogP contribution in [0.1, 0.15) is 45.0 Å². The highest BCUT2D eigenvalue weighted by Crippen LogP contribution is 2.27. The van der Waals surface area contributed by atoms with Gasteiger partial charge in [-0.25, -0.2) is 9.78 Å². The maximum absolute atomic E-state index is 13.2. The quantitative estimate of drug-likeness (QED) is 0.157. The summed E-state index contributed by atoms with van der Waals surface area (Å²) in [6.07, 6.45) is 3.31. The van der Waals surface area contributed by atoms with Crippen LogP contribution in [0.2, 0.25) is 0 Å². The van der Waals surface area contributed by atoms with E-state index < -0.39 is 17.5 Å². The van der Waals surface area contributed by atoms with Crippen molar-refractivity contribution in [2.45, 2.75) is 46.1 Å². The highest BCUT2D eigenvalue weighted by molar-refractivity contribution is 9.10.